The van der Waals surface area contributed by atoms with E-state index in [2.05, 4.69) is 48.1 Å². The summed E-state index contributed by atoms with van der Waals surface area (Å²) in [6.07, 6.45) is 6.34. The standard InChI is InChI=1S/C18H27N3/c1-3-13-19-16(14-9-10-14)11-12-17-15-7-5-6-8-18(15)21(4-2)20-17/h5-8,14,16,19H,3-4,9-13H2,1-2H3. The Morgan fingerprint density at radius 3 is 2.81 bits per heavy atom. The van der Waals surface area contributed by atoms with Gasteiger partial charge in [0.25, 0.3) is 0 Å². The zero-order valence-electron chi connectivity index (χ0n) is 13.3. The smallest absolute Gasteiger partial charge is 0.0703 e. The number of fused-ring (bicyclic) bond motifs is 1. The Labute approximate surface area is 127 Å². The van der Waals surface area contributed by atoms with Crippen molar-refractivity contribution in [3.05, 3.63) is 30.0 Å². The fourth-order valence-corrected chi connectivity index (χ4v) is 3.25. The molecule has 0 amide bonds. The molecule has 1 heterocycles. The molecular formula is C18H27N3. The summed E-state index contributed by atoms with van der Waals surface area (Å²) in [7, 11) is 0. The zero-order valence-corrected chi connectivity index (χ0v) is 13.3. The second-order valence-corrected chi connectivity index (χ2v) is 6.22. The van der Waals surface area contributed by atoms with Gasteiger partial charge in [-0.3, -0.25) is 4.68 Å². The number of hydrogen-bond donors (Lipinski definition) is 1. The predicted octanol–water partition coefficient (Wildman–Crippen LogP) is 3.77. The molecule has 1 aromatic carbocycles. The fourth-order valence-electron chi connectivity index (χ4n) is 3.25. The van der Waals surface area contributed by atoms with Crippen LogP contribution in [0.4, 0.5) is 0 Å². The lowest BCUT2D eigenvalue weighted by atomic mass is 10.0. The van der Waals surface area contributed by atoms with Gasteiger partial charge in [0.2, 0.25) is 0 Å². The summed E-state index contributed by atoms with van der Waals surface area (Å²) < 4.78 is 2.14. The molecule has 1 aliphatic carbocycles. The number of para-hydroxylation sites is 1. The normalized spacial score (nSPS) is 16.5. The van der Waals surface area contributed by atoms with Crippen LogP contribution in [0.1, 0.15) is 45.2 Å². The third-order valence-electron chi connectivity index (χ3n) is 4.57. The first kappa shape index (κ1) is 14.6. The summed E-state index contributed by atoms with van der Waals surface area (Å²) in [4.78, 5) is 0. The number of hydrogen-bond acceptors (Lipinski definition) is 2. The Balaban J connectivity index is 1.72. The van der Waals surface area contributed by atoms with E-state index in [1.165, 1.54) is 42.3 Å². The first-order valence-electron chi connectivity index (χ1n) is 8.51. The molecule has 1 aliphatic rings. The number of nitrogens with zero attached hydrogens (tertiary/aromatic N) is 2. The maximum Gasteiger partial charge on any atom is 0.0703 e. The van der Waals surface area contributed by atoms with Gasteiger partial charge in [-0.1, -0.05) is 25.1 Å². The van der Waals surface area contributed by atoms with E-state index in [9.17, 15) is 0 Å². The number of nitrogens with one attached hydrogen (secondary N) is 1. The Kier molecular flexibility index (Phi) is 4.59. The molecule has 0 spiro atoms. The Bertz CT molecular complexity index is 583. The summed E-state index contributed by atoms with van der Waals surface area (Å²) >= 11 is 0. The molecule has 0 saturated heterocycles. The zero-order chi connectivity index (χ0) is 14.7. The number of aryl methyl sites for hydroxylation is 2. The Hall–Kier alpha value is -1.35. The molecule has 3 heteroatoms. The summed E-state index contributed by atoms with van der Waals surface area (Å²) in [6.45, 7) is 6.50. The lowest BCUT2D eigenvalue weighted by Gasteiger charge is -2.17. The van der Waals surface area contributed by atoms with Crippen molar-refractivity contribution in [1.82, 2.24) is 15.1 Å². The van der Waals surface area contributed by atoms with Crippen molar-refractivity contribution < 1.29 is 0 Å². The van der Waals surface area contributed by atoms with E-state index in [-0.39, 0.29) is 0 Å². The van der Waals surface area contributed by atoms with Crippen LogP contribution in [0.15, 0.2) is 24.3 Å². The number of aromatic nitrogens is 2. The second kappa shape index (κ2) is 6.61. The van der Waals surface area contributed by atoms with Crippen LogP contribution >= 0.6 is 0 Å². The molecular weight excluding hydrogens is 258 g/mol. The lowest BCUT2D eigenvalue weighted by Crippen LogP contribution is -2.32. The molecule has 21 heavy (non-hydrogen) atoms. The average molecular weight is 285 g/mol. The van der Waals surface area contributed by atoms with Crippen LogP contribution in [0.3, 0.4) is 0 Å². The molecule has 0 aliphatic heterocycles. The quantitative estimate of drug-likeness (QED) is 0.800. The van der Waals surface area contributed by atoms with Crippen molar-refractivity contribution in [2.45, 2.75) is 58.5 Å². The topological polar surface area (TPSA) is 29.9 Å². The third-order valence-corrected chi connectivity index (χ3v) is 4.57. The van der Waals surface area contributed by atoms with Crippen LogP contribution < -0.4 is 5.32 Å². The largest absolute Gasteiger partial charge is 0.314 e. The third kappa shape index (κ3) is 3.29. The van der Waals surface area contributed by atoms with Gasteiger partial charge in [0.1, 0.15) is 0 Å². The lowest BCUT2D eigenvalue weighted by molar-refractivity contribution is 0.433. The predicted molar refractivity (Wildman–Crippen MR) is 88.5 cm³/mol. The van der Waals surface area contributed by atoms with E-state index in [0.717, 1.165) is 25.4 Å². The molecule has 3 nitrogen and oxygen atoms in total. The maximum atomic E-state index is 4.83. The SMILES string of the molecule is CCCNC(CCc1nn(CC)c2ccccc12)C1CC1. The van der Waals surface area contributed by atoms with Gasteiger partial charge in [0.15, 0.2) is 0 Å². The highest BCUT2D eigenvalue weighted by molar-refractivity contribution is 5.81. The molecule has 3 rings (SSSR count). The summed E-state index contributed by atoms with van der Waals surface area (Å²) in [5.74, 6) is 0.913. The van der Waals surface area contributed by atoms with Crippen LogP contribution in [-0.4, -0.2) is 22.4 Å². The minimum atomic E-state index is 0.690. The van der Waals surface area contributed by atoms with E-state index in [1.807, 2.05) is 0 Å². The van der Waals surface area contributed by atoms with Crippen molar-refractivity contribution in [3.8, 4) is 0 Å². The molecule has 1 unspecified atom stereocenters. The molecule has 0 radical (unpaired) electrons. The summed E-state index contributed by atoms with van der Waals surface area (Å²) in [6, 6.07) is 9.32. The second-order valence-electron chi connectivity index (χ2n) is 6.22. The Morgan fingerprint density at radius 2 is 2.10 bits per heavy atom. The van der Waals surface area contributed by atoms with Crippen LogP contribution in [0.5, 0.6) is 0 Å². The number of benzene rings is 1. The van der Waals surface area contributed by atoms with Gasteiger partial charge in [-0.2, -0.15) is 5.10 Å². The van der Waals surface area contributed by atoms with Gasteiger partial charge < -0.3 is 5.32 Å². The van der Waals surface area contributed by atoms with Crippen LogP contribution in [0, 0.1) is 5.92 Å². The van der Waals surface area contributed by atoms with Crippen LogP contribution in [0.25, 0.3) is 10.9 Å². The average Bonchev–Trinajstić information content (AvgIpc) is 3.30. The first-order valence-corrected chi connectivity index (χ1v) is 8.51. The van der Waals surface area contributed by atoms with E-state index < -0.39 is 0 Å². The van der Waals surface area contributed by atoms with Gasteiger partial charge in [0.05, 0.1) is 11.2 Å². The molecule has 1 aromatic heterocycles. The highest BCUT2D eigenvalue weighted by Gasteiger charge is 2.30. The van der Waals surface area contributed by atoms with Crippen LogP contribution in [0.2, 0.25) is 0 Å². The van der Waals surface area contributed by atoms with Crippen molar-refractivity contribution >= 4 is 10.9 Å². The molecule has 2 aromatic rings. The highest BCUT2D eigenvalue weighted by atomic mass is 15.3. The maximum absolute atomic E-state index is 4.83. The van der Waals surface area contributed by atoms with Crippen LogP contribution in [-0.2, 0) is 13.0 Å². The molecule has 1 atom stereocenters. The van der Waals surface area contributed by atoms with Crippen molar-refractivity contribution in [2.75, 3.05) is 6.54 Å². The van der Waals surface area contributed by atoms with Gasteiger partial charge >= 0.3 is 0 Å². The van der Waals surface area contributed by atoms with Gasteiger partial charge in [-0.25, -0.2) is 0 Å². The van der Waals surface area contributed by atoms with Crippen molar-refractivity contribution in [1.29, 1.82) is 0 Å². The minimum absolute atomic E-state index is 0.690. The molecule has 0 bridgehead atoms. The number of rotatable bonds is 8. The summed E-state index contributed by atoms with van der Waals surface area (Å²) in [5.41, 5.74) is 2.55. The van der Waals surface area contributed by atoms with Crippen molar-refractivity contribution in [3.63, 3.8) is 0 Å². The van der Waals surface area contributed by atoms with E-state index in [4.69, 9.17) is 5.10 Å². The molecule has 114 valence electrons. The monoisotopic (exact) mass is 285 g/mol. The highest BCUT2D eigenvalue weighted by Crippen LogP contribution is 2.34. The van der Waals surface area contributed by atoms with E-state index in [0.29, 0.717) is 6.04 Å². The first-order chi connectivity index (χ1) is 10.3. The van der Waals surface area contributed by atoms with E-state index in [1.54, 1.807) is 0 Å². The Morgan fingerprint density at radius 1 is 1.29 bits per heavy atom. The fraction of sp³-hybridized carbons (Fsp3) is 0.611. The molecule has 1 N–H and O–H groups in total. The van der Waals surface area contributed by atoms with E-state index >= 15 is 0 Å². The van der Waals surface area contributed by atoms with Gasteiger partial charge in [-0.15, -0.1) is 0 Å². The van der Waals surface area contributed by atoms with Crippen molar-refractivity contribution in [2.24, 2.45) is 5.92 Å². The molecule has 1 fully saturated rings. The van der Waals surface area contributed by atoms with Gasteiger partial charge in [0, 0.05) is 18.0 Å². The van der Waals surface area contributed by atoms with Gasteiger partial charge in [-0.05, 0) is 57.6 Å². The molecule has 1 saturated carbocycles. The summed E-state index contributed by atoms with van der Waals surface area (Å²) in [5, 5.41) is 9.90. The minimum Gasteiger partial charge on any atom is -0.314 e.